The first-order valence-corrected chi connectivity index (χ1v) is 8.14. The Morgan fingerprint density at radius 2 is 1.37 bits per heavy atom. The summed E-state index contributed by atoms with van der Waals surface area (Å²) in [6.07, 6.45) is 15.8. The zero-order valence-electron chi connectivity index (χ0n) is 10.6. The summed E-state index contributed by atoms with van der Waals surface area (Å²) < 4.78 is 0.189. The summed E-state index contributed by atoms with van der Waals surface area (Å²) in [5.41, 5.74) is 4.59. The molecule has 1 aromatic carbocycles. The molecule has 0 N–H and O–H groups in total. The van der Waals surface area contributed by atoms with Gasteiger partial charge in [0.2, 0.25) is 0 Å². The molecule has 0 spiro atoms. The standard InChI is InChI=1S/C17H15.ClH.Hf/c1-2-8-14(9-3-1)17(15-10-4-5-11-15)16-12-6-7-13-16;;/h1-10,12H,11,13H2;1H;/q;;+1/p-1. The van der Waals surface area contributed by atoms with Crippen molar-refractivity contribution in [3.63, 3.8) is 0 Å². The summed E-state index contributed by atoms with van der Waals surface area (Å²) in [5.74, 6) is 0. The Labute approximate surface area is 136 Å². The van der Waals surface area contributed by atoms with Gasteiger partial charge in [0.05, 0.1) is 0 Å². The van der Waals surface area contributed by atoms with Crippen LogP contribution < -0.4 is 12.4 Å². The second-order valence-electron chi connectivity index (χ2n) is 4.76. The Kier molecular flexibility index (Phi) is 4.81. The van der Waals surface area contributed by atoms with Crippen LogP contribution in [-0.2, 0) is 27.5 Å². The topological polar surface area (TPSA) is 0 Å². The van der Waals surface area contributed by atoms with Crippen LogP contribution in [0.4, 0.5) is 0 Å². The summed E-state index contributed by atoms with van der Waals surface area (Å²) in [4.78, 5) is 0. The van der Waals surface area contributed by atoms with Crippen LogP contribution in [0, 0.1) is 0 Å². The number of rotatable bonds is 3. The zero-order valence-corrected chi connectivity index (χ0v) is 15.0. The number of benzene rings is 1. The van der Waals surface area contributed by atoms with Gasteiger partial charge < -0.3 is 12.4 Å². The van der Waals surface area contributed by atoms with Gasteiger partial charge >= 0.3 is 124 Å². The maximum absolute atomic E-state index is 2.32. The molecule has 0 saturated carbocycles. The monoisotopic (exact) mass is 434 g/mol. The van der Waals surface area contributed by atoms with Crippen molar-refractivity contribution < 1.29 is 36.8 Å². The molecule has 19 heavy (non-hydrogen) atoms. The fraction of sp³-hybridized carbons (Fsp3) is 0.176. The molecule has 0 atom stereocenters. The van der Waals surface area contributed by atoms with E-state index >= 15 is 0 Å². The minimum atomic E-state index is 0. The molecule has 0 saturated heterocycles. The molecule has 3 rings (SSSR count). The van der Waals surface area contributed by atoms with Crippen molar-refractivity contribution in [1.82, 2.24) is 0 Å². The number of hydrogen-bond donors (Lipinski definition) is 0. The van der Waals surface area contributed by atoms with Crippen LogP contribution >= 0.6 is 0 Å². The average Bonchev–Trinajstić information content (AvgIpc) is 3.12. The molecular formula is C17H15ClHf. The van der Waals surface area contributed by atoms with Crippen molar-refractivity contribution in [2.24, 2.45) is 0 Å². The van der Waals surface area contributed by atoms with Gasteiger partial charge in [-0.15, -0.1) is 0 Å². The molecule has 2 aliphatic rings. The van der Waals surface area contributed by atoms with Crippen molar-refractivity contribution in [3.8, 4) is 0 Å². The van der Waals surface area contributed by atoms with Gasteiger partial charge in [-0.05, 0) is 0 Å². The normalized spacial score (nSPS) is 17.0. The first-order valence-electron chi connectivity index (χ1n) is 6.34. The van der Waals surface area contributed by atoms with E-state index in [1.807, 2.05) is 0 Å². The molecule has 0 amide bonds. The Balaban J connectivity index is 0.00000133. The van der Waals surface area contributed by atoms with Gasteiger partial charge in [0.25, 0.3) is 0 Å². The third kappa shape index (κ3) is 2.64. The predicted octanol–water partition coefficient (Wildman–Crippen LogP) is 1.21. The maximum atomic E-state index is 2.32. The van der Waals surface area contributed by atoms with E-state index in [9.17, 15) is 0 Å². The molecular weight excluding hydrogens is 418 g/mol. The van der Waals surface area contributed by atoms with E-state index in [-0.39, 0.29) is 15.6 Å². The Morgan fingerprint density at radius 1 is 0.842 bits per heavy atom. The van der Waals surface area contributed by atoms with Crippen molar-refractivity contribution in [1.29, 1.82) is 0 Å². The van der Waals surface area contributed by atoms with Crippen molar-refractivity contribution >= 4 is 0 Å². The molecule has 0 unspecified atom stereocenters. The van der Waals surface area contributed by atoms with Crippen molar-refractivity contribution in [2.45, 2.75) is 16.0 Å². The van der Waals surface area contributed by atoms with E-state index in [0.717, 1.165) is 37.2 Å². The van der Waals surface area contributed by atoms with Gasteiger partial charge in [-0.2, -0.15) is 0 Å². The van der Waals surface area contributed by atoms with Gasteiger partial charge in [0.1, 0.15) is 0 Å². The number of hydrogen-bond acceptors (Lipinski definition) is 0. The van der Waals surface area contributed by atoms with Crippen LogP contribution in [0.2, 0.25) is 0 Å². The van der Waals surface area contributed by atoms with E-state index in [4.69, 9.17) is 0 Å². The van der Waals surface area contributed by atoms with Crippen LogP contribution in [-0.4, -0.2) is 0 Å². The molecule has 0 bridgehead atoms. The van der Waals surface area contributed by atoms with Gasteiger partial charge in [0.15, 0.2) is 0 Å². The zero-order chi connectivity index (χ0) is 12.4. The molecule has 0 nitrogen and oxygen atoms in total. The van der Waals surface area contributed by atoms with Crippen LogP contribution in [0.15, 0.2) is 77.9 Å². The predicted molar refractivity (Wildman–Crippen MR) is 71.8 cm³/mol. The van der Waals surface area contributed by atoms with Crippen LogP contribution in [0.25, 0.3) is 0 Å². The molecule has 0 heterocycles. The fourth-order valence-corrected chi connectivity index (χ4v) is 4.65. The SMILES string of the molecule is [Cl-].[Hf+][C](C1=CC=CC1)(C1=CC=CC1)c1ccccc1. The molecule has 1 aromatic rings. The molecule has 2 aliphatic carbocycles. The Hall–Kier alpha value is -0.660. The quantitative estimate of drug-likeness (QED) is 0.629. The Bertz CT molecular complexity index is 534. The third-order valence-corrected chi connectivity index (χ3v) is 7.06. The van der Waals surface area contributed by atoms with Gasteiger partial charge in [0, 0.05) is 0 Å². The van der Waals surface area contributed by atoms with E-state index < -0.39 is 0 Å². The first-order chi connectivity index (χ1) is 8.82. The van der Waals surface area contributed by atoms with E-state index in [0.29, 0.717) is 0 Å². The molecule has 0 aliphatic heterocycles. The molecule has 2 heteroatoms. The van der Waals surface area contributed by atoms with Gasteiger partial charge in [-0.25, -0.2) is 0 Å². The van der Waals surface area contributed by atoms with Crippen molar-refractivity contribution in [2.75, 3.05) is 0 Å². The van der Waals surface area contributed by atoms with E-state index in [1.165, 1.54) is 5.56 Å². The number of halogens is 1. The summed E-state index contributed by atoms with van der Waals surface area (Å²) in [6.45, 7) is 0. The van der Waals surface area contributed by atoms with E-state index in [2.05, 4.69) is 66.8 Å². The number of allylic oxidation sites excluding steroid dienone is 8. The van der Waals surface area contributed by atoms with Crippen LogP contribution in [0.3, 0.4) is 0 Å². The second kappa shape index (κ2) is 6.19. The fourth-order valence-electron chi connectivity index (χ4n) is 2.72. The minimum absolute atomic E-state index is 0. The molecule has 94 valence electrons. The first kappa shape index (κ1) is 14.7. The molecule has 0 fully saturated rings. The summed E-state index contributed by atoms with van der Waals surface area (Å²) in [6, 6.07) is 11.0. The summed E-state index contributed by atoms with van der Waals surface area (Å²) in [5, 5.41) is 0. The summed E-state index contributed by atoms with van der Waals surface area (Å²) >= 11 is 1.12. The summed E-state index contributed by atoms with van der Waals surface area (Å²) in [7, 11) is 0. The van der Waals surface area contributed by atoms with E-state index in [1.54, 1.807) is 11.1 Å². The van der Waals surface area contributed by atoms with Gasteiger partial charge in [-0.3, -0.25) is 0 Å². The molecule has 0 aromatic heterocycles. The van der Waals surface area contributed by atoms with Crippen LogP contribution in [0.1, 0.15) is 18.4 Å². The van der Waals surface area contributed by atoms with Crippen molar-refractivity contribution in [3.05, 3.63) is 83.5 Å². The van der Waals surface area contributed by atoms with Gasteiger partial charge in [-0.1, -0.05) is 0 Å². The average molecular weight is 433 g/mol. The van der Waals surface area contributed by atoms with Crippen LogP contribution in [0.5, 0.6) is 0 Å². The Morgan fingerprint density at radius 3 is 1.79 bits per heavy atom. The second-order valence-corrected chi connectivity index (χ2v) is 7.46. The third-order valence-electron chi connectivity index (χ3n) is 3.71. The molecule has 0 radical (unpaired) electrons.